The summed E-state index contributed by atoms with van der Waals surface area (Å²) in [5.74, 6) is -0.556. The molecule has 0 atom stereocenters. The molecule has 0 fully saturated rings. The van der Waals surface area contributed by atoms with Crippen LogP contribution in [0.25, 0.3) is 0 Å². The first-order valence-corrected chi connectivity index (χ1v) is 7.23. The lowest BCUT2D eigenvalue weighted by molar-refractivity contribution is -0.136. The van der Waals surface area contributed by atoms with Gasteiger partial charge < -0.3 is 9.84 Å². The first kappa shape index (κ1) is 14.6. The maximum absolute atomic E-state index is 12.7. The number of rotatable bonds is 4. The Morgan fingerprint density at radius 3 is 2.59 bits per heavy atom. The Labute approximate surface area is 132 Å². The minimum absolute atomic E-state index is 0.117. The molecular formula is C17H13ClO4. The molecule has 1 heterocycles. The third-order valence-electron chi connectivity index (χ3n) is 3.55. The SMILES string of the molecule is O=C(O)Cc1cc2c(c(C(=O)c3ccc(Cl)cc3)c1)OCC2. The lowest BCUT2D eigenvalue weighted by atomic mass is 9.96. The van der Waals surface area contributed by atoms with Crippen LogP contribution in [0.4, 0.5) is 0 Å². The van der Waals surface area contributed by atoms with E-state index in [4.69, 9.17) is 21.4 Å². The van der Waals surface area contributed by atoms with Crippen LogP contribution in [0.2, 0.25) is 5.02 Å². The number of hydrogen-bond donors (Lipinski definition) is 1. The number of benzene rings is 2. The van der Waals surface area contributed by atoms with Crippen molar-refractivity contribution in [3.63, 3.8) is 0 Å². The molecule has 0 saturated carbocycles. The highest BCUT2D eigenvalue weighted by Crippen LogP contribution is 2.33. The first-order valence-electron chi connectivity index (χ1n) is 6.85. The number of carbonyl (C=O) groups excluding carboxylic acids is 1. The average Bonchev–Trinajstić information content (AvgIpc) is 2.94. The molecule has 0 aliphatic carbocycles. The van der Waals surface area contributed by atoms with Crippen molar-refractivity contribution < 1.29 is 19.4 Å². The Morgan fingerprint density at radius 2 is 1.91 bits per heavy atom. The van der Waals surface area contributed by atoms with Crippen LogP contribution in [0.5, 0.6) is 5.75 Å². The predicted octanol–water partition coefficient (Wildman–Crippen LogP) is 3.13. The normalized spacial score (nSPS) is 12.6. The fourth-order valence-corrected chi connectivity index (χ4v) is 2.70. The van der Waals surface area contributed by atoms with Crippen LogP contribution in [0, 0.1) is 0 Å². The minimum Gasteiger partial charge on any atom is -0.492 e. The molecule has 2 aromatic carbocycles. The van der Waals surface area contributed by atoms with Gasteiger partial charge in [-0.1, -0.05) is 17.7 Å². The van der Waals surface area contributed by atoms with Crippen molar-refractivity contribution in [2.45, 2.75) is 12.8 Å². The molecule has 0 saturated heterocycles. The van der Waals surface area contributed by atoms with E-state index < -0.39 is 5.97 Å². The van der Waals surface area contributed by atoms with Gasteiger partial charge in [0.15, 0.2) is 5.78 Å². The van der Waals surface area contributed by atoms with Crippen LogP contribution in [0.15, 0.2) is 36.4 Å². The van der Waals surface area contributed by atoms with Gasteiger partial charge in [-0.15, -0.1) is 0 Å². The summed E-state index contributed by atoms with van der Waals surface area (Å²) in [4.78, 5) is 23.6. The zero-order valence-corrected chi connectivity index (χ0v) is 12.4. The molecule has 22 heavy (non-hydrogen) atoms. The molecule has 1 aliphatic heterocycles. The standard InChI is InChI=1S/C17H13ClO4/c18-13-3-1-11(2-4-13)16(21)14-8-10(9-15(19)20)7-12-5-6-22-17(12)14/h1-4,7-8H,5-6,9H2,(H,19,20). The Kier molecular flexibility index (Phi) is 3.86. The predicted molar refractivity (Wildman–Crippen MR) is 81.9 cm³/mol. The molecule has 0 bridgehead atoms. The van der Waals surface area contributed by atoms with Gasteiger partial charge in [0.25, 0.3) is 0 Å². The molecule has 4 nitrogen and oxygen atoms in total. The van der Waals surface area contributed by atoms with Gasteiger partial charge in [-0.3, -0.25) is 9.59 Å². The molecule has 0 spiro atoms. The van der Waals surface area contributed by atoms with Crippen molar-refractivity contribution >= 4 is 23.4 Å². The number of fused-ring (bicyclic) bond motifs is 1. The van der Waals surface area contributed by atoms with Crippen molar-refractivity contribution in [2.75, 3.05) is 6.61 Å². The molecule has 3 rings (SSSR count). The van der Waals surface area contributed by atoms with Crippen LogP contribution in [0.3, 0.4) is 0 Å². The van der Waals surface area contributed by atoms with Crippen LogP contribution >= 0.6 is 11.6 Å². The molecule has 2 aromatic rings. The van der Waals surface area contributed by atoms with Gasteiger partial charge in [-0.2, -0.15) is 0 Å². The Hall–Kier alpha value is -2.33. The van der Waals surface area contributed by atoms with E-state index >= 15 is 0 Å². The van der Waals surface area contributed by atoms with Gasteiger partial charge in [-0.25, -0.2) is 0 Å². The molecule has 0 aromatic heterocycles. The number of ether oxygens (including phenoxy) is 1. The molecule has 0 unspecified atom stereocenters. The highest BCUT2D eigenvalue weighted by molar-refractivity contribution is 6.30. The Bertz CT molecular complexity index is 750. The summed E-state index contributed by atoms with van der Waals surface area (Å²) in [5, 5.41) is 9.52. The average molecular weight is 317 g/mol. The number of carboxylic acids is 1. The van der Waals surface area contributed by atoms with E-state index in [-0.39, 0.29) is 12.2 Å². The summed E-state index contributed by atoms with van der Waals surface area (Å²) in [6.45, 7) is 0.507. The third kappa shape index (κ3) is 2.83. The summed E-state index contributed by atoms with van der Waals surface area (Å²) in [6.07, 6.45) is 0.567. The zero-order chi connectivity index (χ0) is 15.7. The molecule has 1 aliphatic rings. The smallest absolute Gasteiger partial charge is 0.307 e. The van der Waals surface area contributed by atoms with E-state index in [9.17, 15) is 9.59 Å². The van der Waals surface area contributed by atoms with Crippen LogP contribution in [-0.4, -0.2) is 23.5 Å². The van der Waals surface area contributed by atoms with Gasteiger partial charge in [0.05, 0.1) is 18.6 Å². The molecule has 112 valence electrons. The maximum atomic E-state index is 12.7. The van der Waals surface area contributed by atoms with Crippen molar-refractivity contribution in [1.29, 1.82) is 0 Å². The topological polar surface area (TPSA) is 63.6 Å². The molecule has 1 N–H and O–H groups in total. The van der Waals surface area contributed by atoms with Crippen LogP contribution in [-0.2, 0) is 17.6 Å². The maximum Gasteiger partial charge on any atom is 0.307 e. The van der Waals surface area contributed by atoms with E-state index in [2.05, 4.69) is 0 Å². The fraction of sp³-hybridized carbons (Fsp3) is 0.176. The van der Waals surface area contributed by atoms with E-state index in [1.165, 1.54) is 0 Å². The molecule has 5 heteroatoms. The van der Waals surface area contributed by atoms with Crippen molar-refractivity contribution in [2.24, 2.45) is 0 Å². The summed E-state index contributed by atoms with van der Waals surface area (Å²) in [7, 11) is 0. The number of carbonyl (C=O) groups is 2. The number of halogens is 1. The van der Waals surface area contributed by atoms with Crippen LogP contribution < -0.4 is 4.74 Å². The van der Waals surface area contributed by atoms with E-state index in [1.807, 2.05) is 0 Å². The highest BCUT2D eigenvalue weighted by Gasteiger charge is 2.23. The number of aliphatic carboxylic acids is 1. The largest absolute Gasteiger partial charge is 0.492 e. The van der Waals surface area contributed by atoms with E-state index in [0.717, 1.165) is 5.56 Å². The number of hydrogen-bond acceptors (Lipinski definition) is 3. The summed E-state index contributed by atoms with van der Waals surface area (Å²) in [5.41, 5.74) is 2.40. The van der Waals surface area contributed by atoms with Crippen LogP contribution in [0.1, 0.15) is 27.0 Å². The monoisotopic (exact) mass is 316 g/mol. The Balaban J connectivity index is 2.05. The molecule has 0 amide bonds. The highest BCUT2D eigenvalue weighted by atomic mass is 35.5. The fourth-order valence-electron chi connectivity index (χ4n) is 2.58. The summed E-state index contributed by atoms with van der Waals surface area (Å²) in [6, 6.07) is 10.0. The minimum atomic E-state index is -0.927. The number of carboxylic acid groups (broad SMARTS) is 1. The first-order chi connectivity index (χ1) is 10.5. The van der Waals surface area contributed by atoms with Gasteiger partial charge in [0, 0.05) is 17.0 Å². The second-order valence-electron chi connectivity index (χ2n) is 5.14. The van der Waals surface area contributed by atoms with Gasteiger partial charge >= 0.3 is 5.97 Å². The molecular weight excluding hydrogens is 304 g/mol. The second kappa shape index (κ2) is 5.81. The van der Waals surface area contributed by atoms with E-state index in [0.29, 0.717) is 40.5 Å². The zero-order valence-electron chi connectivity index (χ0n) is 11.6. The second-order valence-corrected chi connectivity index (χ2v) is 5.57. The molecule has 0 radical (unpaired) electrons. The van der Waals surface area contributed by atoms with Crippen molar-refractivity contribution in [3.05, 3.63) is 63.7 Å². The third-order valence-corrected chi connectivity index (χ3v) is 3.80. The lowest BCUT2D eigenvalue weighted by Gasteiger charge is -2.10. The number of ketones is 1. The lowest BCUT2D eigenvalue weighted by Crippen LogP contribution is -2.07. The quantitative estimate of drug-likeness (QED) is 0.880. The summed E-state index contributed by atoms with van der Waals surface area (Å²) < 4.78 is 5.56. The Morgan fingerprint density at radius 1 is 1.18 bits per heavy atom. The summed E-state index contributed by atoms with van der Waals surface area (Å²) >= 11 is 5.84. The van der Waals surface area contributed by atoms with Gasteiger partial charge in [0.2, 0.25) is 0 Å². The van der Waals surface area contributed by atoms with Crippen molar-refractivity contribution in [3.8, 4) is 5.75 Å². The van der Waals surface area contributed by atoms with Gasteiger partial charge in [0.1, 0.15) is 5.75 Å². The van der Waals surface area contributed by atoms with Gasteiger partial charge in [-0.05, 0) is 41.5 Å². The van der Waals surface area contributed by atoms with E-state index in [1.54, 1.807) is 36.4 Å². The van der Waals surface area contributed by atoms with Crippen molar-refractivity contribution in [1.82, 2.24) is 0 Å².